The number of carbonyl (C=O) groups excluding carboxylic acids is 1. The summed E-state index contributed by atoms with van der Waals surface area (Å²) in [4.78, 5) is 12.1. The van der Waals surface area contributed by atoms with Gasteiger partial charge in [-0.05, 0) is 36.4 Å². The van der Waals surface area contributed by atoms with Crippen molar-refractivity contribution in [3.63, 3.8) is 0 Å². The van der Waals surface area contributed by atoms with E-state index in [4.69, 9.17) is 16.3 Å². The monoisotopic (exact) mass is 357 g/mol. The van der Waals surface area contributed by atoms with E-state index in [9.17, 15) is 9.18 Å². The molecule has 6 heteroatoms. The molecule has 1 amide bonds. The van der Waals surface area contributed by atoms with Crippen molar-refractivity contribution in [1.82, 2.24) is 0 Å². The highest BCUT2D eigenvalue weighted by molar-refractivity contribution is 9.10. The van der Waals surface area contributed by atoms with Crippen LogP contribution in [0.5, 0.6) is 5.75 Å². The molecule has 1 N–H and O–H groups in total. The van der Waals surface area contributed by atoms with Gasteiger partial charge < -0.3 is 10.1 Å². The predicted molar refractivity (Wildman–Crippen MR) is 80.1 cm³/mol. The van der Waals surface area contributed by atoms with E-state index in [-0.39, 0.29) is 10.6 Å². The second-order valence-corrected chi connectivity index (χ2v) is 5.25. The van der Waals surface area contributed by atoms with Gasteiger partial charge in [0.05, 0.1) is 17.8 Å². The fourth-order valence-electron chi connectivity index (χ4n) is 1.61. The van der Waals surface area contributed by atoms with E-state index < -0.39 is 11.7 Å². The molecule has 0 atom stereocenters. The first-order chi connectivity index (χ1) is 9.51. The lowest BCUT2D eigenvalue weighted by atomic mass is 10.2. The molecule has 0 saturated heterocycles. The summed E-state index contributed by atoms with van der Waals surface area (Å²) in [6, 6.07) is 9.01. The number of benzene rings is 2. The van der Waals surface area contributed by atoms with Crippen LogP contribution in [0.1, 0.15) is 10.4 Å². The lowest BCUT2D eigenvalue weighted by molar-refractivity contribution is 0.102. The van der Waals surface area contributed by atoms with Crippen molar-refractivity contribution >= 4 is 39.1 Å². The van der Waals surface area contributed by atoms with Gasteiger partial charge in [-0.25, -0.2) is 4.39 Å². The maximum Gasteiger partial charge on any atom is 0.255 e. The summed E-state index contributed by atoms with van der Waals surface area (Å²) in [5, 5.41) is 2.59. The molecule has 0 bridgehead atoms. The molecule has 2 aromatic rings. The summed E-state index contributed by atoms with van der Waals surface area (Å²) >= 11 is 8.97. The zero-order valence-electron chi connectivity index (χ0n) is 10.4. The van der Waals surface area contributed by atoms with Gasteiger partial charge in [0.25, 0.3) is 5.91 Å². The van der Waals surface area contributed by atoms with E-state index in [0.717, 1.165) is 10.5 Å². The average Bonchev–Trinajstić information content (AvgIpc) is 2.42. The minimum atomic E-state index is -0.566. The molecule has 0 aromatic heterocycles. The SMILES string of the molecule is COc1ccc(Br)cc1NC(=O)c1ccc(F)c(Cl)c1. The number of methoxy groups -OCH3 is 1. The van der Waals surface area contributed by atoms with Crippen LogP contribution in [-0.2, 0) is 0 Å². The Morgan fingerprint density at radius 3 is 2.70 bits per heavy atom. The van der Waals surface area contributed by atoms with E-state index in [1.165, 1.54) is 19.2 Å². The Morgan fingerprint density at radius 1 is 1.30 bits per heavy atom. The zero-order valence-corrected chi connectivity index (χ0v) is 12.8. The fourth-order valence-corrected chi connectivity index (χ4v) is 2.15. The molecule has 104 valence electrons. The van der Waals surface area contributed by atoms with Crippen molar-refractivity contribution in [3.05, 3.63) is 57.3 Å². The van der Waals surface area contributed by atoms with Gasteiger partial charge in [0, 0.05) is 10.0 Å². The average molecular weight is 359 g/mol. The molecule has 0 aliphatic rings. The normalized spacial score (nSPS) is 10.2. The van der Waals surface area contributed by atoms with Crippen LogP contribution < -0.4 is 10.1 Å². The minimum Gasteiger partial charge on any atom is -0.495 e. The molecule has 2 rings (SSSR count). The summed E-state index contributed by atoms with van der Waals surface area (Å²) in [6.07, 6.45) is 0. The van der Waals surface area contributed by atoms with E-state index >= 15 is 0 Å². The number of amides is 1. The number of hydrogen-bond acceptors (Lipinski definition) is 2. The number of ether oxygens (including phenoxy) is 1. The van der Waals surface area contributed by atoms with Crippen LogP contribution in [0.3, 0.4) is 0 Å². The molecule has 0 heterocycles. The first kappa shape index (κ1) is 14.8. The number of hydrogen-bond donors (Lipinski definition) is 1. The Kier molecular flexibility index (Phi) is 4.62. The Bertz CT molecular complexity index is 664. The third kappa shape index (κ3) is 3.29. The predicted octanol–water partition coefficient (Wildman–Crippen LogP) is 4.50. The van der Waals surface area contributed by atoms with Crippen molar-refractivity contribution < 1.29 is 13.9 Å². The molecule has 0 radical (unpaired) electrons. The molecule has 0 unspecified atom stereocenters. The summed E-state index contributed by atoms with van der Waals surface area (Å²) in [5.74, 6) is -0.443. The van der Waals surface area contributed by atoms with Crippen molar-refractivity contribution in [2.45, 2.75) is 0 Å². The molecule has 20 heavy (non-hydrogen) atoms. The third-order valence-corrected chi connectivity index (χ3v) is 3.37. The van der Waals surface area contributed by atoms with Gasteiger partial charge in [0.1, 0.15) is 11.6 Å². The second kappa shape index (κ2) is 6.24. The smallest absolute Gasteiger partial charge is 0.255 e. The first-order valence-electron chi connectivity index (χ1n) is 5.61. The largest absolute Gasteiger partial charge is 0.495 e. The number of nitrogens with one attached hydrogen (secondary N) is 1. The molecule has 3 nitrogen and oxygen atoms in total. The third-order valence-electron chi connectivity index (χ3n) is 2.59. The molecule has 0 spiro atoms. The lowest BCUT2D eigenvalue weighted by Crippen LogP contribution is -2.12. The quantitative estimate of drug-likeness (QED) is 0.877. The number of anilines is 1. The lowest BCUT2D eigenvalue weighted by Gasteiger charge is -2.11. The molecular weight excluding hydrogens is 349 g/mol. The van der Waals surface area contributed by atoms with Gasteiger partial charge in [-0.3, -0.25) is 4.79 Å². The van der Waals surface area contributed by atoms with Crippen molar-refractivity contribution in [2.75, 3.05) is 12.4 Å². The highest BCUT2D eigenvalue weighted by atomic mass is 79.9. The van der Waals surface area contributed by atoms with Crippen LogP contribution in [0.15, 0.2) is 40.9 Å². The molecule has 0 fully saturated rings. The van der Waals surface area contributed by atoms with E-state index in [2.05, 4.69) is 21.2 Å². The van der Waals surface area contributed by atoms with Gasteiger partial charge in [0.2, 0.25) is 0 Å². The van der Waals surface area contributed by atoms with Crippen LogP contribution in [-0.4, -0.2) is 13.0 Å². The van der Waals surface area contributed by atoms with Crippen LogP contribution in [0, 0.1) is 5.82 Å². The maximum absolute atomic E-state index is 13.1. The fraction of sp³-hybridized carbons (Fsp3) is 0.0714. The van der Waals surface area contributed by atoms with Gasteiger partial charge in [0.15, 0.2) is 0 Å². The first-order valence-corrected chi connectivity index (χ1v) is 6.78. The highest BCUT2D eigenvalue weighted by Crippen LogP contribution is 2.28. The van der Waals surface area contributed by atoms with E-state index in [1.807, 2.05) is 0 Å². The standard InChI is InChI=1S/C14H10BrClFNO2/c1-20-13-5-3-9(15)7-12(13)18-14(19)8-2-4-11(17)10(16)6-8/h2-7H,1H3,(H,18,19). The van der Waals surface area contributed by atoms with E-state index in [0.29, 0.717) is 11.4 Å². The number of carbonyl (C=O) groups is 1. The number of halogens is 3. The molecular formula is C14H10BrClFNO2. The molecule has 0 saturated carbocycles. The van der Waals surface area contributed by atoms with Crippen LogP contribution >= 0.6 is 27.5 Å². The second-order valence-electron chi connectivity index (χ2n) is 3.93. The maximum atomic E-state index is 13.1. The Labute approximate surface area is 128 Å². The van der Waals surface area contributed by atoms with Crippen molar-refractivity contribution in [1.29, 1.82) is 0 Å². The van der Waals surface area contributed by atoms with Crippen LogP contribution in [0.2, 0.25) is 5.02 Å². The molecule has 0 aliphatic heterocycles. The van der Waals surface area contributed by atoms with Crippen LogP contribution in [0.4, 0.5) is 10.1 Å². The topological polar surface area (TPSA) is 38.3 Å². The van der Waals surface area contributed by atoms with Gasteiger partial charge in [-0.15, -0.1) is 0 Å². The van der Waals surface area contributed by atoms with Crippen LogP contribution in [0.25, 0.3) is 0 Å². The molecule has 0 aliphatic carbocycles. The molecule has 2 aromatic carbocycles. The van der Waals surface area contributed by atoms with Crippen molar-refractivity contribution in [2.24, 2.45) is 0 Å². The number of rotatable bonds is 3. The Balaban J connectivity index is 2.27. The summed E-state index contributed by atoms with van der Waals surface area (Å²) < 4.78 is 19.0. The van der Waals surface area contributed by atoms with Crippen molar-refractivity contribution in [3.8, 4) is 5.75 Å². The van der Waals surface area contributed by atoms with Gasteiger partial charge in [-0.1, -0.05) is 27.5 Å². The summed E-state index contributed by atoms with van der Waals surface area (Å²) in [6.45, 7) is 0. The summed E-state index contributed by atoms with van der Waals surface area (Å²) in [5.41, 5.74) is 0.769. The highest BCUT2D eigenvalue weighted by Gasteiger charge is 2.12. The summed E-state index contributed by atoms with van der Waals surface area (Å²) in [7, 11) is 1.51. The minimum absolute atomic E-state index is 0.0983. The Hall–Kier alpha value is -1.59. The van der Waals surface area contributed by atoms with Gasteiger partial charge >= 0.3 is 0 Å². The Morgan fingerprint density at radius 2 is 2.05 bits per heavy atom. The van der Waals surface area contributed by atoms with E-state index in [1.54, 1.807) is 18.2 Å². The zero-order chi connectivity index (χ0) is 14.7. The van der Waals surface area contributed by atoms with Gasteiger partial charge in [-0.2, -0.15) is 0 Å².